The monoisotopic (exact) mass is 224 g/mol. The number of ether oxygens (including phenoxy) is 1. The second-order valence-corrected chi connectivity index (χ2v) is 5.03. The van der Waals surface area contributed by atoms with Crippen molar-refractivity contribution in [2.24, 2.45) is 5.41 Å². The summed E-state index contributed by atoms with van der Waals surface area (Å²) in [6.07, 6.45) is -1.66. The molecule has 1 aromatic carbocycles. The smallest absolute Gasteiger partial charge is 0.118 e. The minimum Gasteiger partial charge on any atom is -0.497 e. The maximum Gasteiger partial charge on any atom is 0.118 e. The van der Waals surface area contributed by atoms with Gasteiger partial charge in [-0.15, -0.1) is 0 Å². The lowest BCUT2D eigenvalue weighted by atomic mass is 9.83. The number of hydrogen-bond acceptors (Lipinski definition) is 3. The first-order valence-electron chi connectivity index (χ1n) is 5.36. The zero-order valence-electron chi connectivity index (χ0n) is 10.3. The van der Waals surface area contributed by atoms with E-state index in [0.29, 0.717) is 5.56 Å². The van der Waals surface area contributed by atoms with Gasteiger partial charge in [0.2, 0.25) is 0 Å². The summed E-state index contributed by atoms with van der Waals surface area (Å²) in [5.41, 5.74) is 0.350. The van der Waals surface area contributed by atoms with E-state index in [-0.39, 0.29) is 5.41 Å². The Bertz CT molecular complexity index is 324. The van der Waals surface area contributed by atoms with Crippen LogP contribution in [0.4, 0.5) is 0 Å². The van der Waals surface area contributed by atoms with Crippen LogP contribution in [-0.4, -0.2) is 23.4 Å². The van der Waals surface area contributed by atoms with Crippen LogP contribution in [0.15, 0.2) is 24.3 Å². The van der Waals surface area contributed by atoms with Gasteiger partial charge in [0.25, 0.3) is 0 Å². The molecule has 16 heavy (non-hydrogen) atoms. The lowest BCUT2D eigenvalue weighted by molar-refractivity contribution is -0.0458. The summed E-state index contributed by atoms with van der Waals surface area (Å²) < 4.78 is 5.03. The molecule has 2 N–H and O–H groups in total. The molecule has 0 spiro atoms. The lowest BCUT2D eigenvalue weighted by Gasteiger charge is -2.30. The molecule has 1 aromatic rings. The molecule has 2 unspecified atom stereocenters. The highest BCUT2D eigenvalue weighted by atomic mass is 16.5. The largest absolute Gasteiger partial charge is 0.497 e. The molecular weight excluding hydrogens is 204 g/mol. The first-order valence-corrected chi connectivity index (χ1v) is 5.36. The summed E-state index contributed by atoms with van der Waals surface area (Å²) in [7, 11) is 1.59. The van der Waals surface area contributed by atoms with Gasteiger partial charge in [-0.2, -0.15) is 0 Å². The van der Waals surface area contributed by atoms with Crippen molar-refractivity contribution in [3.05, 3.63) is 29.8 Å². The van der Waals surface area contributed by atoms with Gasteiger partial charge < -0.3 is 14.9 Å². The fourth-order valence-electron chi connectivity index (χ4n) is 1.46. The molecule has 0 radical (unpaired) electrons. The van der Waals surface area contributed by atoms with Crippen LogP contribution in [0.25, 0.3) is 0 Å². The fraction of sp³-hybridized carbons (Fsp3) is 0.538. The van der Waals surface area contributed by atoms with E-state index in [4.69, 9.17) is 4.74 Å². The number of aliphatic hydroxyl groups is 2. The second kappa shape index (κ2) is 4.85. The summed E-state index contributed by atoms with van der Waals surface area (Å²) in [5, 5.41) is 20.0. The molecule has 3 heteroatoms. The molecule has 2 atom stereocenters. The predicted octanol–water partition coefficient (Wildman–Crippen LogP) is 2.14. The average molecular weight is 224 g/mol. The molecule has 0 saturated carbocycles. The SMILES string of the molecule is COc1ccc(C(O)C(O)C(C)(C)C)cc1. The van der Waals surface area contributed by atoms with Crippen LogP contribution in [0.2, 0.25) is 0 Å². The van der Waals surface area contributed by atoms with Crippen molar-refractivity contribution in [3.8, 4) is 5.75 Å². The Morgan fingerprint density at radius 2 is 1.56 bits per heavy atom. The summed E-state index contributed by atoms with van der Waals surface area (Å²) >= 11 is 0. The molecule has 3 nitrogen and oxygen atoms in total. The van der Waals surface area contributed by atoms with Crippen LogP contribution in [-0.2, 0) is 0 Å². The van der Waals surface area contributed by atoms with Gasteiger partial charge in [0, 0.05) is 0 Å². The molecule has 0 aliphatic heterocycles. The Morgan fingerprint density at radius 1 is 1.06 bits per heavy atom. The zero-order valence-corrected chi connectivity index (χ0v) is 10.3. The number of hydrogen-bond donors (Lipinski definition) is 2. The molecule has 0 aliphatic carbocycles. The quantitative estimate of drug-likeness (QED) is 0.827. The number of methoxy groups -OCH3 is 1. The third-order valence-electron chi connectivity index (χ3n) is 2.64. The summed E-state index contributed by atoms with van der Waals surface area (Å²) in [6, 6.07) is 7.07. The van der Waals surface area contributed by atoms with E-state index in [1.807, 2.05) is 20.8 Å². The van der Waals surface area contributed by atoms with E-state index in [9.17, 15) is 10.2 Å². The molecular formula is C13H20O3. The van der Waals surface area contributed by atoms with Crippen LogP contribution in [0.5, 0.6) is 5.75 Å². The lowest BCUT2D eigenvalue weighted by Crippen LogP contribution is -2.32. The van der Waals surface area contributed by atoms with Gasteiger partial charge in [-0.1, -0.05) is 32.9 Å². The van der Waals surface area contributed by atoms with Gasteiger partial charge >= 0.3 is 0 Å². The molecule has 0 aliphatic rings. The van der Waals surface area contributed by atoms with Crippen LogP contribution in [0.1, 0.15) is 32.4 Å². The number of benzene rings is 1. The third-order valence-corrected chi connectivity index (χ3v) is 2.64. The van der Waals surface area contributed by atoms with Crippen LogP contribution in [0, 0.1) is 5.41 Å². The maximum absolute atomic E-state index is 10.00. The highest BCUT2D eigenvalue weighted by molar-refractivity contribution is 5.29. The Labute approximate surface area is 96.7 Å². The van der Waals surface area contributed by atoms with Crippen molar-refractivity contribution in [1.82, 2.24) is 0 Å². The van der Waals surface area contributed by atoms with Gasteiger partial charge in [0.05, 0.1) is 13.2 Å². The first kappa shape index (κ1) is 13.0. The Balaban J connectivity index is 2.84. The normalized spacial score (nSPS) is 15.6. The van der Waals surface area contributed by atoms with E-state index >= 15 is 0 Å². The van der Waals surface area contributed by atoms with E-state index in [0.717, 1.165) is 5.75 Å². The molecule has 0 bridgehead atoms. The Kier molecular flexibility index (Phi) is 3.94. The molecule has 0 aromatic heterocycles. The van der Waals surface area contributed by atoms with Gasteiger partial charge in [-0.3, -0.25) is 0 Å². The summed E-state index contributed by atoms with van der Waals surface area (Å²) in [5.74, 6) is 0.737. The molecule has 1 rings (SSSR count). The van der Waals surface area contributed by atoms with Crippen LogP contribution < -0.4 is 4.74 Å². The van der Waals surface area contributed by atoms with Gasteiger partial charge in [-0.25, -0.2) is 0 Å². The molecule has 0 amide bonds. The van der Waals surface area contributed by atoms with E-state index in [2.05, 4.69) is 0 Å². The topological polar surface area (TPSA) is 49.7 Å². The Hall–Kier alpha value is -1.06. The van der Waals surface area contributed by atoms with Crippen molar-refractivity contribution < 1.29 is 14.9 Å². The van der Waals surface area contributed by atoms with Crippen molar-refractivity contribution in [3.63, 3.8) is 0 Å². The Morgan fingerprint density at radius 3 is 1.94 bits per heavy atom. The van der Waals surface area contributed by atoms with E-state index < -0.39 is 12.2 Å². The summed E-state index contributed by atoms with van der Waals surface area (Å²) in [4.78, 5) is 0. The van der Waals surface area contributed by atoms with Crippen molar-refractivity contribution in [2.75, 3.05) is 7.11 Å². The van der Waals surface area contributed by atoms with Crippen molar-refractivity contribution in [1.29, 1.82) is 0 Å². The second-order valence-electron chi connectivity index (χ2n) is 5.03. The average Bonchev–Trinajstić information content (AvgIpc) is 2.26. The maximum atomic E-state index is 10.00. The van der Waals surface area contributed by atoms with E-state index in [1.54, 1.807) is 31.4 Å². The van der Waals surface area contributed by atoms with Crippen molar-refractivity contribution >= 4 is 0 Å². The number of aliphatic hydroxyl groups excluding tert-OH is 2. The zero-order chi connectivity index (χ0) is 12.3. The minimum atomic E-state index is -0.870. The molecule has 0 heterocycles. The van der Waals surface area contributed by atoms with E-state index in [1.165, 1.54) is 0 Å². The van der Waals surface area contributed by atoms with Crippen molar-refractivity contribution in [2.45, 2.75) is 33.0 Å². The molecule has 0 saturated heterocycles. The number of rotatable bonds is 3. The summed E-state index contributed by atoms with van der Waals surface area (Å²) in [6.45, 7) is 5.68. The van der Waals surface area contributed by atoms with Gasteiger partial charge in [-0.05, 0) is 23.1 Å². The molecule has 0 fully saturated rings. The highest BCUT2D eigenvalue weighted by Gasteiger charge is 2.29. The fourth-order valence-corrected chi connectivity index (χ4v) is 1.46. The van der Waals surface area contributed by atoms with Crippen LogP contribution in [0.3, 0.4) is 0 Å². The third kappa shape index (κ3) is 2.97. The first-order chi connectivity index (χ1) is 7.36. The minimum absolute atomic E-state index is 0.348. The van der Waals surface area contributed by atoms with Gasteiger partial charge in [0.1, 0.15) is 11.9 Å². The highest BCUT2D eigenvalue weighted by Crippen LogP contribution is 2.30. The van der Waals surface area contributed by atoms with Crippen LogP contribution >= 0.6 is 0 Å². The molecule has 90 valence electrons. The standard InChI is InChI=1S/C13H20O3/c1-13(2,3)12(15)11(14)9-5-7-10(16-4)8-6-9/h5-8,11-12,14-15H,1-4H3. The van der Waals surface area contributed by atoms with Gasteiger partial charge in [0.15, 0.2) is 0 Å². The predicted molar refractivity (Wildman–Crippen MR) is 63.4 cm³/mol.